The van der Waals surface area contributed by atoms with Crippen molar-refractivity contribution in [3.63, 3.8) is 0 Å². The van der Waals surface area contributed by atoms with Crippen LogP contribution in [0.2, 0.25) is 0 Å². The minimum Gasteiger partial charge on any atom is -0.496 e. The van der Waals surface area contributed by atoms with Crippen LogP contribution < -0.4 is 10.5 Å². The Kier molecular flexibility index (Phi) is 4.61. The smallest absolute Gasteiger partial charge is 0.122 e. The van der Waals surface area contributed by atoms with E-state index in [1.54, 1.807) is 18.4 Å². The Balaban J connectivity index is 2.34. The molecule has 2 aromatic rings. The van der Waals surface area contributed by atoms with Gasteiger partial charge >= 0.3 is 0 Å². The number of aryl methyl sites for hydroxylation is 2. The van der Waals surface area contributed by atoms with Crippen LogP contribution in [0.4, 0.5) is 0 Å². The lowest BCUT2D eigenvalue weighted by Gasteiger charge is -2.19. The van der Waals surface area contributed by atoms with Crippen molar-refractivity contribution in [3.05, 3.63) is 51.2 Å². The van der Waals surface area contributed by atoms with Gasteiger partial charge in [0.25, 0.3) is 0 Å². The summed E-state index contributed by atoms with van der Waals surface area (Å²) in [5, 5.41) is 2.11. The van der Waals surface area contributed by atoms with Crippen LogP contribution in [0.1, 0.15) is 27.5 Å². The average molecular weight is 275 g/mol. The summed E-state index contributed by atoms with van der Waals surface area (Å²) in [4.78, 5) is 1.37. The Morgan fingerprint density at radius 3 is 2.58 bits per heavy atom. The number of benzene rings is 1. The molecule has 0 fully saturated rings. The van der Waals surface area contributed by atoms with Crippen molar-refractivity contribution in [2.75, 3.05) is 13.7 Å². The summed E-state index contributed by atoms with van der Waals surface area (Å²) >= 11 is 1.79. The van der Waals surface area contributed by atoms with Gasteiger partial charge in [0.2, 0.25) is 0 Å². The molecule has 0 aliphatic carbocycles. The van der Waals surface area contributed by atoms with Crippen LogP contribution in [0, 0.1) is 13.8 Å². The third-order valence-electron chi connectivity index (χ3n) is 3.60. The Bertz CT molecular complexity index is 534. The van der Waals surface area contributed by atoms with Gasteiger partial charge in [0, 0.05) is 10.8 Å². The number of hydrogen-bond acceptors (Lipinski definition) is 3. The maximum atomic E-state index is 5.98. The minimum absolute atomic E-state index is 0.313. The molecule has 1 heterocycles. The van der Waals surface area contributed by atoms with E-state index in [-0.39, 0.29) is 0 Å². The molecule has 0 bridgehead atoms. The first kappa shape index (κ1) is 14.1. The Labute approximate surface area is 119 Å². The van der Waals surface area contributed by atoms with Crippen LogP contribution in [0.5, 0.6) is 5.75 Å². The highest BCUT2D eigenvalue weighted by Gasteiger charge is 2.17. The fourth-order valence-corrected chi connectivity index (χ4v) is 3.09. The number of hydrogen-bond donors (Lipinski definition) is 1. The molecule has 2 rings (SSSR count). The summed E-state index contributed by atoms with van der Waals surface area (Å²) < 4.78 is 5.53. The number of ether oxygens (including phenoxy) is 1. The molecule has 2 nitrogen and oxygen atoms in total. The quantitative estimate of drug-likeness (QED) is 0.904. The SMILES string of the molecule is COc1cc(C)c(C)cc1C(CN)Cc1cccs1. The van der Waals surface area contributed by atoms with E-state index in [9.17, 15) is 0 Å². The zero-order chi connectivity index (χ0) is 13.8. The molecule has 1 atom stereocenters. The van der Waals surface area contributed by atoms with Gasteiger partial charge in [-0.25, -0.2) is 0 Å². The molecule has 0 aliphatic heterocycles. The van der Waals surface area contributed by atoms with Crippen molar-refractivity contribution < 1.29 is 4.74 Å². The third kappa shape index (κ3) is 3.17. The highest BCUT2D eigenvalue weighted by Crippen LogP contribution is 2.32. The normalized spacial score (nSPS) is 12.4. The van der Waals surface area contributed by atoms with Crippen LogP contribution in [0.3, 0.4) is 0 Å². The zero-order valence-electron chi connectivity index (χ0n) is 11.8. The van der Waals surface area contributed by atoms with Crippen LogP contribution in [-0.4, -0.2) is 13.7 Å². The third-order valence-corrected chi connectivity index (χ3v) is 4.50. The molecule has 102 valence electrons. The van der Waals surface area contributed by atoms with Crippen molar-refractivity contribution in [2.45, 2.75) is 26.2 Å². The maximum Gasteiger partial charge on any atom is 0.122 e. The largest absolute Gasteiger partial charge is 0.496 e. The minimum atomic E-state index is 0.313. The van der Waals surface area contributed by atoms with Gasteiger partial charge in [-0.1, -0.05) is 12.1 Å². The first-order valence-corrected chi connectivity index (χ1v) is 7.41. The molecular weight excluding hydrogens is 254 g/mol. The van der Waals surface area contributed by atoms with E-state index < -0.39 is 0 Å². The predicted octanol–water partition coefficient (Wildman–Crippen LogP) is 3.66. The molecule has 3 heteroatoms. The fourth-order valence-electron chi connectivity index (χ4n) is 2.30. The highest BCUT2D eigenvalue weighted by atomic mass is 32.1. The summed E-state index contributed by atoms with van der Waals surface area (Å²) in [6, 6.07) is 8.59. The Morgan fingerprint density at radius 1 is 1.26 bits per heavy atom. The Morgan fingerprint density at radius 2 is 2.00 bits per heavy atom. The van der Waals surface area contributed by atoms with Gasteiger partial charge in [0.1, 0.15) is 5.75 Å². The molecule has 0 amide bonds. The summed E-state index contributed by atoms with van der Waals surface area (Å²) in [6.07, 6.45) is 0.979. The van der Waals surface area contributed by atoms with E-state index >= 15 is 0 Å². The van der Waals surface area contributed by atoms with Crippen molar-refractivity contribution in [2.24, 2.45) is 5.73 Å². The lowest BCUT2D eigenvalue weighted by atomic mass is 9.91. The molecule has 1 aromatic carbocycles. The van der Waals surface area contributed by atoms with E-state index in [0.29, 0.717) is 12.5 Å². The van der Waals surface area contributed by atoms with Crippen LogP contribution in [-0.2, 0) is 6.42 Å². The average Bonchev–Trinajstić information content (AvgIpc) is 2.91. The van der Waals surface area contributed by atoms with Crippen LogP contribution in [0.25, 0.3) is 0 Å². The van der Waals surface area contributed by atoms with E-state index in [1.165, 1.54) is 21.6 Å². The van der Waals surface area contributed by atoms with Crippen molar-refractivity contribution in [1.82, 2.24) is 0 Å². The van der Waals surface area contributed by atoms with Crippen molar-refractivity contribution >= 4 is 11.3 Å². The van der Waals surface area contributed by atoms with Gasteiger partial charge in [-0.3, -0.25) is 0 Å². The van der Waals surface area contributed by atoms with Gasteiger partial charge in [0.15, 0.2) is 0 Å². The topological polar surface area (TPSA) is 35.2 Å². The van der Waals surface area contributed by atoms with Gasteiger partial charge in [-0.2, -0.15) is 0 Å². The molecule has 19 heavy (non-hydrogen) atoms. The van der Waals surface area contributed by atoms with Gasteiger partial charge in [-0.05, 0) is 61.0 Å². The van der Waals surface area contributed by atoms with Gasteiger partial charge in [-0.15, -0.1) is 11.3 Å². The lowest BCUT2D eigenvalue weighted by molar-refractivity contribution is 0.405. The number of nitrogens with two attached hydrogens (primary N) is 1. The second kappa shape index (κ2) is 6.22. The molecule has 2 N–H and O–H groups in total. The van der Waals surface area contributed by atoms with Crippen molar-refractivity contribution in [1.29, 1.82) is 0 Å². The van der Waals surface area contributed by atoms with Crippen LogP contribution >= 0.6 is 11.3 Å². The molecule has 0 radical (unpaired) electrons. The Hall–Kier alpha value is -1.32. The van der Waals surface area contributed by atoms with E-state index in [0.717, 1.165) is 12.2 Å². The molecule has 0 spiro atoms. The lowest BCUT2D eigenvalue weighted by Crippen LogP contribution is -2.16. The molecule has 1 aromatic heterocycles. The maximum absolute atomic E-state index is 5.98. The number of methoxy groups -OCH3 is 1. The van der Waals surface area contributed by atoms with Gasteiger partial charge in [0.05, 0.1) is 7.11 Å². The molecule has 1 unspecified atom stereocenters. The predicted molar refractivity (Wildman–Crippen MR) is 82.3 cm³/mol. The second-order valence-corrected chi connectivity index (χ2v) is 5.93. The van der Waals surface area contributed by atoms with E-state index in [4.69, 9.17) is 10.5 Å². The molecule has 0 saturated carbocycles. The van der Waals surface area contributed by atoms with E-state index in [1.807, 2.05) is 0 Å². The monoisotopic (exact) mass is 275 g/mol. The number of thiophene rings is 1. The van der Waals surface area contributed by atoms with E-state index in [2.05, 4.69) is 43.5 Å². The summed E-state index contributed by atoms with van der Waals surface area (Å²) in [5.74, 6) is 1.27. The second-order valence-electron chi connectivity index (χ2n) is 4.89. The summed E-state index contributed by atoms with van der Waals surface area (Å²) in [7, 11) is 1.73. The molecule has 0 aliphatic rings. The van der Waals surface area contributed by atoms with Crippen LogP contribution in [0.15, 0.2) is 29.6 Å². The number of rotatable bonds is 5. The van der Waals surface area contributed by atoms with Crippen molar-refractivity contribution in [3.8, 4) is 5.75 Å². The summed E-state index contributed by atoms with van der Waals surface area (Å²) in [6.45, 7) is 4.88. The molecule has 0 saturated heterocycles. The van der Waals surface area contributed by atoms with Gasteiger partial charge < -0.3 is 10.5 Å². The summed E-state index contributed by atoms with van der Waals surface area (Å²) in [5.41, 5.74) is 9.75. The first-order valence-electron chi connectivity index (χ1n) is 6.53. The fraction of sp³-hybridized carbons (Fsp3) is 0.375. The highest BCUT2D eigenvalue weighted by molar-refractivity contribution is 7.09. The first-order chi connectivity index (χ1) is 9.15. The standard InChI is InChI=1S/C16H21NOS/c1-11-7-15(16(18-3)8-12(11)2)13(10-17)9-14-5-4-6-19-14/h4-8,13H,9-10,17H2,1-3H3. The molecular formula is C16H21NOS. The zero-order valence-corrected chi connectivity index (χ0v) is 12.6.